The number of carbonyl (C=O) groups excluding carboxylic acids is 1. The SMILES string of the molecule is CC1(C(=O)NCC2CCCCC2Br)CCCCC1. The van der Waals surface area contributed by atoms with Gasteiger partial charge in [-0.15, -0.1) is 0 Å². The van der Waals surface area contributed by atoms with Gasteiger partial charge in [0.25, 0.3) is 0 Å². The summed E-state index contributed by atoms with van der Waals surface area (Å²) in [5, 5.41) is 3.22. The van der Waals surface area contributed by atoms with Crippen LogP contribution in [0.15, 0.2) is 0 Å². The number of nitrogens with one attached hydrogen (secondary N) is 1. The van der Waals surface area contributed by atoms with E-state index in [4.69, 9.17) is 0 Å². The molecule has 104 valence electrons. The zero-order valence-electron chi connectivity index (χ0n) is 11.5. The van der Waals surface area contributed by atoms with Gasteiger partial charge < -0.3 is 5.32 Å². The number of amides is 1. The highest BCUT2D eigenvalue weighted by atomic mass is 79.9. The molecule has 0 heterocycles. The van der Waals surface area contributed by atoms with E-state index >= 15 is 0 Å². The predicted molar refractivity (Wildman–Crippen MR) is 78.9 cm³/mol. The van der Waals surface area contributed by atoms with Crippen LogP contribution >= 0.6 is 15.9 Å². The Hall–Kier alpha value is -0.0500. The molecule has 0 radical (unpaired) electrons. The molecule has 2 unspecified atom stereocenters. The molecule has 1 N–H and O–H groups in total. The van der Waals surface area contributed by atoms with Crippen LogP contribution in [0.5, 0.6) is 0 Å². The van der Waals surface area contributed by atoms with Gasteiger partial charge in [0.2, 0.25) is 5.91 Å². The fraction of sp³-hybridized carbons (Fsp3) is 0.933. The van der Waals surface area contributed by atoms with E-state index in [1.807, 2.05) is 0 Å². The van der Waals surface area contributed by atoms with Gasteiger partial charge in [-0.25, -0.2) is 0 Å². The van der Waals surface area contributed by atoms with Crippen molar-refractivity contribution in [1.29, 1.82) is 0 Å². The standard InChI is InChI=1S/C15H26BrNO/c1-15(9-5-2-6-10-15)14(18)17-11-12-7-3-4-8-13(12)16/h12-13H,2-11H2,1H3,(H,17,18). The number of rotatable bonds is 3. The lowest BCUT2D eigenvalue weighted by molar-refractivity contribution is -0.132. The third-order valence-corrected chi connectivity index (χ3v) is 6.05. The highest BCUT2D eigenvalue weighted by Gasteiger charge is 2.35. The summed E-state index contributed by atoms with van der Waals surface area (Å²) in [6, 6.07) is 0. The van der Waals surface area contributed by atoms with Crippen LogP contribution < -0.4 is 5.32 Å². The largest absolute Gasteiger partial charge is 0.355 e. The average molecular weight is 316 g/mol. The molecule has 0 bridgehead atoms. The van der Waals surface area contributed by atoms with Crippen LogP contribution in [0, 0.1) is 11.3 Å². The Bertz CT molecular complexity index is 286. The Morgan fingerprint density at radius 1 is 1.17 bits per heavy atom. The second-order valence-electron chi connectivity index (χ2n) is 6.39. The normalized spacial score (nSPS) is 31.9. The molecule has 0 saturated heterocycles. The lowest BCUT2D eigenvalue weighted by Gasteiger charge is -2.34. The van der Waals surface area contributed by atoms with Gasteiger partial charge in [0.05, 0.1) is 0 Å². The van der Waals surface area contributed by atoms with Gasteiger partial charge in [-0.05, 0) is 31.6 Å². The van der Waals surface area contributed by atoms with E-state index in [9.17, 15) is 4.79 Å². The third kappa shape index (κ3) is 3.49. The second kappa shape index (κ2) is 6.40. The molecule has 0 spiro atoms. The van der Waals surface area contributed by atoms with Gasteiger partial charge in [0.15, 0.2) is 0 Å². The van der Waals surface area contributed by atoms with Crippen LogP contribution in [0.25, 0.3) is 0 Å². The minimum absolute atomic E-state index is 0.0886. The number of halogens is 1. The predicted octanol–water partition coefficient (Wildman–Crippen LogP) is 4.03. The maximum Gasteiger partial charge on any atom is 0.225 e. The summed E-state index contributed by atoms with van der Waals surface area (Å²) in [7, 11) is 0. The molecule has 1 amide bonds. The maximum atomic E-state index is 12.3. The first-order valence-corrected chi connectivity index (χ1v) is 8.46. The number of carbonyl (C=O) groups is 1. The molecule has 0 aromatic carbocycles. The topological polar surface area (TPSA) is 29.1 Å². The van der Waals surface area contributed by atoms with Crippen molar-refractivity contribution in [3.8, 4) is 0 Å². The molecule has 18 heavy (non-hydrogen) atoms. The van der Waals surface area contributed by atoms with Crippen LogP contribution in [0.3, 0.4) is 0 Å². The first-order valence-electron chi connectivity index (χ1n) is 7.54. The first-order chi connectivity index (χ1) is 8.62. The van der Waals surface area contributed by atoms with Gasteiger partial charge in [0, 0.05) is 16.8 Å². The molecule has 2 atom stereocenters. The van der Waals surface area contributed by atoms with Crippen molar-refractivity contribution in [3.63, 3.8) is 0 Å². The van der Waals surface area contributed by atoms with Gasteiger partial charge in [-0.3, -0.25) is 4.79 Å². The Morgan fingerprint density at radius 2 is 1.83 bits per heavy atom. The van der Waals surface area contributed by atoms with E-state index in [0.29, 0.717) is 16.7 Å². The lowest BCUT2D eigenvalue weighted by atomic mass is 9.75. The smallest absolute Gasteiger partial charge is 0.225 e. The molecule has 0 aliphatic heterocycles. The Labute approximate surface area is 119 Å². The van der Waals surface area contributed by atoms with E-state index in [2.05, 4.69) is 28.2 Å². The quantitative estimate of drug-likeness (QED) is 0.783. The molecule has 0 aromatic rings. The molecule has 2 aliphatic rings. The lowest BCUT2D eigenvalue weighted by Crippen LogP contribution is -2.43. The molecule has 2 saturated carbocycles. The fourth-order valence-corrected chi connectivity index (χ4v) is 4.16. The van der Waals surface area contributed by atoms with Gasteiger partial charge in [0.1, 0.15) is 0 Å². The van der Waals surface area contributed by atoms with Crippen LogP contribution in [-0.2, 0) is 4.79 Å². The molecular weight excluding hydrogens is 290 g/mol. The summed E-state index contributed by atoms with van der Waals surface area (Å²) >= 11 is 3.76. The van der Waals surface area contributed by atoms with Gasteiger partial charge in [-0.2, -0.15) is 0 Å². The molecule has 2 nitrogen and oxygen atoms in total. The van der Waals surface area contributed by atoms with Crippen molar-refractivity contribution in [1.82, 2.24) is 5.32 Å². The maximum absolute atomic E-state index is 12.3. The fourth-order valence-electron chi connectivity index (χ4n) is 3.39. The van der Waals surface area contributed by atoms with Crippen LogP contribution in [0.2, 0.25) is 0 Å². The van der Waals surface area contributed by atoms with E-state index < -0.39 is 0 Å². The summed E-state index contributed by atoms with van der Waals surface area (Å²) in [5.41, 5.74) is -0.0886. The summed E-state index contributed by atoms with van der Waals surface area (Å²) in [4.78, 5) is 12.9. The molecule has 3 heteroatoms. The Balaban J connectivity index is 1.80. The number of alkyl halides is 1. The number of hydrogen-bond acceptors (Lipinski definition) is 1. The van der Waals surface area contributed by atoms with Gasteiger partial charge >= 0.3 is 0 Å². The van der Waals surface area contributed by atoms with Crippen LogP contribution in [0.4, 0.5) is 0 Å². The van der Waals surface area contributed by atoms with Crippen molar-refractivity contribution in [2.75, 3.05) is 6.54 Å². The van der Waals surface area contributed by atoms with Crippen molar-refractivity contribution in [3.05, 3.63) is 0 Å². The summed E-state index contributed by atoms with van der Waals surface area (Å²) < 4.78 is 0. The first kappa shape index (κ1) is 14.4. The Kier molecular flexibility index (Phi) is 5.11. The highest BCUT2D eigenvalue weighted by Crippen LogP contribution is 2.36. The summed E-state index contributed by atoms with van der Waals surface area (Å²) in [6.45, 7) is 3.01. The zero-order valence-corrected chi connectivity index (χ0v) is 13.1. The minimum Gasteiger partial charge on any atom is -0.355 e. The Morgan fingerprint density at radius 3 is 2.50 bits per heavy atom. The minimum atomic E-state index is -0.0886. The summed E-state index contributed by atoms with van der Waals surface area (Å²) in [5.74, 6) is 0.933. The molecule has 0 aromatic heterocycles. The van der Waals surface area contributed by atoms with Crippen molar-refractivity contribution < 1.29 is 4.79 Å². The van der Waals surface area contributed by atoms with E-state index in [-0.39, 0.29) is 5.41 Å². The van der Waals surface area contributed by atoms with Crippen molar-refractivity contribution in [2.24, 2.45) is 11.3 Å². The average Bonchev–Trinajstić information content (AvgIpc) is 2.38. The van der Waals surface area contributed by atoms with Crippen molar-refractivity contribution >= 4 is 21.8 Å². The molecule has 2 rings (SSSR count). The van der Waals surface area contributed by atoms with Gasteiger partial charge in [-0.1, -0.05) is 55.0 Å². The second-order valence-corrected chi connectivity index (χ2v) is 7.57. The molecule has 2 aliphatic carbocycles. The summed E-state index contributed by atoms with van der Waals surface area (Å²) in [6.07, 6.45) is 11.0. The molecular formula is C15H26BrNO. The van der Waals surface area contributed by atoms with E-state index in [1.165, 1.54) is 44.9 Å². The third-order valence-electron chi connectivity index (χ3n) is 4.85. The van der Waals surface area contributed by atoms with Crippen LogP contribution in [-0.4, -0.2) is 17.3 Å². The highest BCUT2D eigenvalue weighted by molar-refractivity contribution is 9.09. The molecule has 2 fully saturated rings. The number of hydrogen-bond donors (Lipinski definition) is 1. The van der Waals surface area contributed by atoms with E-state index in [0.717, 1.165) is 19.4 Å². The monoisotopic (exact) mass is 315 g/mol. The zero-order chi connectivity index (χ0) is 13.0. The van der Waals surface area contributed by atoms with Crippen molar-refractivity contribution in [2.45, 2.75) is 69.5 Å². The van der Waals surface area contributed by atoms with E-state index in [1.54, 1.807) is 0 Å². The van der Waals surface area contributed by atoms with Crippen LogP contribution in [0.1, 0.15) is 64.7 Å².